The summed E-state index contributed by atoms with van der Waals surface area (Å²) < 4.78 is 47.0. The van der Waals surface area contributed by atoms with Gasteiger partial charge in [0.1, 0.15) is 5.75 Å². The van der Waals surface area contributed by atoms with Crippen molar-refractivity contribution in [1.82, 2.24) is 20.4 Å². The van der Waals surface area contributed by atoms with Gasteiger partial charge in [0.2, 0.25) is 5.89 Å². The Kier molecular flexibility index (Phi) is 5.39. The van der Waals surface area contributed by atoms with Crippen LogP contribution in [0.2, 0.25) is 0 Å². The Balaban J connectivity index is 1.35. The Morgan fingerprint density at radius 1 is 1.10 bits per heavy atom. The largest absolute Gasteiger partial charge is 0.573 e. The highest BCUT2D eigenvalue weighted by atomic mass is 19.4. The predicted molar refractivity (Wildman–Crippen MR) is 104 cm³/mol. The van der Waals surface area contributed by atoms with E-state index in [0.29, 0.717) is 18.4 Å². The highest BCUT2D eigenvalue weighted by Crippen LogP contribution is 2.42. The van der Waals surface area contributed by atoms with Gasteiger partial charge in [-0.05, 0) is 49.3 Å². The van der Waals surface area contributed by atoms with E-state index >= 15 is 0 Å². The van der Waals surface area contributed by atoms with Gasteiger partial charge in [-0.3, -0.25) is 4.90 Å². The number of ether oxygens (including phenoxy) is 1. The first-order chi connectivity index (χ1) is 14.9. The molecule has 31 heavy (non-hydrogen) atoms. The second kappa shape index (κ2) is 8.07. The average Bonchev–Trinajstić information content (AvgIpc) is 3.30. The van der Waals surface area contributed by atoms with Gasteiger partial charge in [0.25, 0.3) is 0 Å². The van der Waals surface area contributed by atoms with E-state index in [1.54, 1.807) is 12.1 Å². The van der Waals surface area contributed by atoms with Crippen LogP contribution in [0.1, 0.15) is 60.7 Å². The van der Waals surface area contributed by atoms with Crippen LogP contribution in [-0.4, -0.2) is 53.2 Å². The van der Waals surface area contributed by atoms with Crippen LogP contribution in [0.15, 0.2) is 28.8 Å². The van der Waals surface area contributed by atoms with Crippen LogP contribution in [-0.2, 0) is 0 Å². The first-order valence-electron chi connectivity index (χ1n) is 10.7. The molecule has 1 aromatic heterocycles. The quantitative estimate of drug-likeness (QED) is 0.775. The lowest BCUT2D eigenvalue weighted by Gasteiger charge is -2.39. The summed E-state index contributed by atoms with van der Waals surface area (Å²) in [6.45, 7) is 2.24. The normalized spacial score (nSPS) is 29.9. The maximum absolute atomic E-state index is 12.4. The van der Waals surface area contributed by atoms with E-state index in [2.05, 4.69) is 19.8 Å². The summed E-state index contributed by atoms with van der Waals surface area (Å²) in [5, 5.41) is 9.12. The number of alkyl halides is 3. The Hall–Kier alpha value is -2.17. The molecule has 3 aliphatic rings. The number of hydrogen-bond donors (Lipinski definition) is 1. The van der Waals surface area contributed by atoms with Gasteiger partial charge in [-0.15, -0.1) is 13.2 Å². The van der Waals surface area contributed by atoms with E-state index in [9.17, 15) is 13.2 Å². The van der Waals surface area contributed by atoms with E-state index in [4.69, 9.17) is 15.6 Å². The zero-order valence-corrected chi connectivity index (χ0v) is 17.0. The fourth-order valence-electron chi connectivity index (χ4n) is 4.61. The van der Waals surface area contributed by atoms with E-state index in [1.807, 2.05) is 0 Å². The van der Waals surface area contributed by atoms with Crippen LogP contribution in [0.4, 0.5) is 13.2 Å². The molecule has 2 N–H and O–H groups in total. The molecule has 2 saturated heterocycles. The van der Waals surface area contributed by atoms with Gasteiger partial charge in [0, 0.05) is 31.6 Å². The minimum atomic E-state index is -4.70. The molecule has 3 heterocycles. The van der Waals surface area contributed by atoms with Gasteiger partial charge in [-0.2, -0.15) is 4.98 Å². The third-order valence-electron chi connectivity index (χ3n) is 6.34. The maximum Gasteiger partial charge on any atom is 0.573 e. The summed E-state index contributed by atoms with van der Waals surface area (Å²) in [6.07, 6.45) is -0.939. The highest BCUT2D eigenvalue weighted by molar-refractivity contribution is 5.31. The summed E-state index contributed by atoms with van der Waals surface area (Å²) >= 11 is 0. The van der Waals surface area contributed by atoms with Crippen molar-refractivity contribution >= 4 is 0 Å². The molecule has 0 amide bonds. The molecule has 7 nitrogen and oxygen atoms in total. The third kappa shape index (κ3) is 4.70. The number of nitrogens with two attached hydrogens (primary N) is 1. The lowest BCUT2D eigenvalue weighted by molar-refractivity contribution is -0.274. The number of piperidine rings is 1. The van der Waals surface area contributed by atoms with E-state index in [0.717, 1.165) is 50.2 Å². The number of aromatic nitrogens is 2. The average molecular weight is 436 g/mol. The summed E-state index contributed by atoms with van der Waals surface area (Å²) in [7, 11) is 0. The van der Waals surface area contributed by atoms with Gasteiger partial charge < -0.3 is 15.0 Å². The molecular weight excluding hydrogens is 411 g/mol. The molecule has 2 aromatic rings. The molecule has 1 aromatic carbocycles. The SMILES string of the molecule is NC1CCN(C2[N]CC(c3ccc(OC(F)(F)F)cc3)CC2c2nc(C3CC3)no2)C1. The van der Waals surface area contributed by atoms with Crippen molar-refractivity contribution in [1.29, 1.82) is 0 Å². The van der Waals surface area contributed by atoms with E-state index in [-0.39, 0.29) is 29.8 Å². The maximum atomic E-state index is 12.4. The van der Waals surface area contributed by atoms with Gasteiger partial charge in [0.15, 0.2) is 5.82 Å². The second-order valence-corrected chi connectivity index (χ2v) is 8.74. The molecule has 4 atom stereocenters. The number of hydrogen-bond acceptors (Lipinski definition) is 6. The molecule has 0 spiro atoms. The van der Waals surface area contributed by atoms with Crippen molar-refractivity contribution in [2.45, 2.75) is 62.0 Å². The molecule has 0 bridgehead atoms. The van der Waals surface area contributed by atoms with Crippen LogP contribution in [0, 0.1) is 0 Å². The van der Waals surface area contributed by atoms with Crippen molar-refractivity contribution < 1.29 is 22.4 Å². The number of nitrogens with zero attached hydrogens (tertiary/aromatic N) is 4. The van der Waals surface area contributed by atoms with Crippen molar-refractivity contribution in [2.75, 3.05) is 19.6 Å². The van der Waals surface area contributed by atoms with Crippen molar-refractivity contribution in [3.05, 3.63) is 41.5 Å². The summed E-state index contributed by atoms with van der Waals surface area (Å²) in [6, 6.07) is 6.18. The van der Waals surface area contributed by atoms with Crippen LogP contribution in [0.25, 0.3) is 0 Å². The lowest BCUT2D eigenvalue weighted by atomic mass is 9.83. The third-order valence-corrected chi connectivity index (χ3v) is 6.34. The Morgan fingerprint density at radius 3 is 2.52 bits per heavy atom. The smallest absolute Gasteiger partial charge is 0.406 e. The molecule has 3 fully saturated rings. The number of halogens is 3. The molecule has 10 heteroatoms. The highest BCUT2D eigenvalue weighted by Gasteiger charge is 2.42. The fraction of sp³-hybridized carbons (Fsp3) is 0.619. The van der Waals surface area contributed by atoms with Gasteiger partial charge in [-0.25, -0.2) is 5.32 Å². The standard InChI is InChI=1S/C21H25F3N5O2/c22-21(23,24)30-16-5-3-12(4-6-16)14-9-17(20-27-18(28-31-20)13-1-2-13)19(26-10-14)29-8-7-15(25)11-29/h3-6,13-15,17,19H,1-2,7-11,25H2. The Bertz CT molecular complexity index is 899. The Morgan fingerprint density at radius 2 is 1.87 bits per heavy atom. The molecule has 1 radical (unpaired) electrons. The fourth-order valence-corrected chi connectivity index (χ4v) is 4.61. The van der Waals surface area contributed by atoms with Crippen molar-refractivity contribution in [3.8, 4) is 5.75 Å². The molecule has 1 saturated carbocycles. The van der Waals surface area contributed by atoms with Gasteiger partial charge in [-0.1, -0.05) is 17.3 Å². The summed E-state index contributed by atoms with van der Waals surface area (Å²) in [5.41, 5.74) is 7.04. The summed E-state index contributed by atoms with van der Waals surface area (Å²) in [4.78, 5) is 6.96. The molecule has 1 aliphatic carbocycles. The zero-order chi connectivity index (χ0) is 21.6. The number of rotatable bonds is 5. The number of benzene rings is 1. The van der Waals surface area contributed by atoms with Gasteiger partial charge >= 0.3 is 6.36 Å². The number of likely N-dealkylation sites (tertiary alicyclic amines) is 1. The molecule has 4 unspecified atom stereocenters. The minimum Gasteiger partial charge on any atom is -0.406 e. The first kappa shape index (κ1) is 20.7. The van der Waals surface area contributed by atoms with Crippen LogP contribution >= 0.6 is 0 Å². The monoisotopic (exact) mass is 436 g/mol. The van der Waals surface area contributed by atoms with Crippen LogP contribution < -0.4 is 15.8 Å². The zero-order valence-electron chi connectivity index (χ0n) is 17.0. The van der Waals surface area contributed by atoms with E-state index < -0.39 is 6.36 Å². The predicted octanol–water partition coefficient (Wildman–Crippen LogP) is 3.08. The molecule has 5 rings (SSSR count). The molecule has 2 aliphatic heterocycles. The Labute approximate surface area is 178 Å². The van der Waals surface area contributed by atoms with Crippen LogP contribution in [0.5, 0.6) is 5.75 Å². The van der Waals surface area contributed by atoms with E-state index in [1.165, 1.54) is 12.1 Å². The van der Waals surface area contributed by atoms with Crippen LogP contribution in [0.3, 0.4) is 0 Å². The second-order valence-electron chi connectivity index (χ2n) is 8.74. The topological polar surface area (TPSA) is 91.5 Å². The molecular formula is C21H25F3N5O2. The lowest BCUT2D eigenvalue weighted by Crippen LogP contribution is -2.50. The van der Waals surface area contributed by atoms with Crippen molar-refractivity contribution in [2.24, 2.45) is 5.73 Å². The first-order valence-corrected chi connectivity index (χ1v) is 10.7. The summed E-state index contributed by atoms with van der Waals surface area (Å²) in [5.74, 6) is 1.51. The molecule has 167 valence electrons. The van der Waals surface area contributed by atoms with Crippen molar-refractivity contribution in [3.63, 3.8) is 0 Å². The minimum absolute atomic E-state index is 0.0498. The van der Waals surface area contributed by atoms with Gasteiger partial charge in [0.05, 0.1) is 12.1 Å².